The minimum absolute atomic E-state index is 0.185. The molecule has 3 rings (SSSR count). The van der Waals surface area contributed by atoms with Crippen LogP contribution in [0.2, 0.25) is 5.02 Å². The van der Waals surface area contributed by atoms with Gasteiger partial charge in [0.2, 0.25) is 0 Å². The van der Waals surface area contributed by atoms with Crippen LogP contribution in [0.25, 0.3) is 0 Å². The molecule has 2 aromatic rings. The number of hydrogen-bond donors (Lipinski definition) is 2. The first-order valence-electron chi connectivity index (χ1n) is 6.12. The number of fused-ring (bicyclic) bond motifs is 1. The van der Waals surface area contributed by atoms with Crippen molar-refractivity contribution in [3.63, 3.8) is 0 Å². The van der Waals surface area contributed by atoms with Gasteiger partial charge in [-0.05, 0) is 36.4 Å². The number of imide groups is 1. The van der Waals surface area contributed by atoms with Gasteiger partial charge in [-0.25, -0.2) is 0 Å². The SMILES string of the molecule is O=C(Nc1cccc2c1C(=O)NC2=O)c1ccc(Cl)cc1. The van der Waals surface area contributed by atoms with Gasteiger partial charge < -0.3 is 5.32 Å². The molecule has 0 spiro atoms. The average molecular weight is 301 g/mol. The van der Waals surface area contributed by atoms with Crippen LogP contribution in [0.1, 0.15) is 31.1 Å². The second-order valence-corrected chi connectivity index (χ2v) is 4.91. The highest BCUT2D eigenvalue weighted by Crippen LogP contribution is 2.24. The van der Waals surface area contributed by atoms with E-state index in [1.54, 1.807) is 36.4 Å². The largest absolute Gasteiger partial charge is 0.321 e. The molecule has 1 aliphatic rings. The van der Waals surface area contributed by atoms with E-state index in [4.69, 9.17) is 11.6 Å². The Morgan fingerprint density at radius 3 is 2.43 bits per heavy atom. The summed E-state index contributed by atoms with van der Waals surface area (Å²) < 4.78 is 0. The highest BCUT2D eigenvalue weighted by atomic mass is 35.5. The van der Waals surface area contributed by atoms with Crippen LogP contribution in [0.4, 0.5) is 5.69 Å². The number of rotatable bonds is 2. The summed E-state index contributed by atoms with van der Waals surface area (Å²) in [6.07, 6.45) is 0. The highest BCUT2D eigenvalue weighted by molar-refractivity contribution is 6.30. The summed E-state index contributed by atoms with van der Waals surface area (Å²) in [6.45, 7) is 0. The fraction of sp³-hybridized carbons (Fsp3) is 0. The Bertz CT molecular complexity index is 769. The van der Waals surface area contributed by atoms with E-state index in [1.165, 1.54) is 6.07 Å². The smallest absolute Gasteiger partial charge is 0.261 e. The molecular weight excluding hydrogens is 292 g/mol. The molecule has 0 radical (unpaired) electrons. The molecule has 0 atom stereocenters. The van der Waals surface area contributed by atoms with Gasteiger partial charge in [-0.3, -0.25) is 19.7 Å². The van der Waals surface area contributed by atoms with Crippen molar-refractivity contribution in [1.82, 2.24) is 5.32 Å². The minimum Gasteiger partial charge on any atom is -0.321 e. The van der Waals surface area contributed by atoms with Crippen LogP contribution >= 0.6 is 11.6 Å². The summed E-state index contributed by atoms with van der Waals surface area (Å²) in [5.74, 6) is -1.35. The molecule has 0 bridgehead atoms. The van der Waals surface area contributed by atoms with Gasteiger partial charge in [0.15, 0.2) is 0 Å². The minimum atomic E-state index is -0.512. The van der Waals surface area contributed by atoms with E-state index in [1.807, 2.05) is 0 Å². The second-order valence-electron chi connectivity index (χ2n) is 4.47. The molecular formula is C15H9ClN2O3. The van der Waals surface area contributed by atoms with E-state index >= 15 is 0 Å². The monoisotopic (exact) mass is 300 g/mol. The topological polar surface area (TPSA) is 75.3 Å². The van der Waals surface area contributed by atoms with Gasteiger partial charge in [-0.1, -0.05) is 17.7 Å². The Kier molecular flexibility index (Phi) is 3.19. The van der Waals surface area contributed by atoms with Gasteiger partial charge in [-0.15, -0.1) is 0 Å². The molecule has 0 aromatic heterocycles. The molecule has 3 amide bonds. The van der Waals surface area contributed by atoms with Crippen molar-refractivity contribution in [3.05, 3.63) is 64.2 Å². The maximum atomic E-state index is 12.1. The first-order valence-corrected chi connectivity index (χ1v) is 6.49. The maximum absolute atomic E-state index is 12.1. The van der Waals surface area contributed by atoms with E-state index in [-0.39, 0.29) is 17.0 Å². The molecule has 0 fully saturated rings. The van der Waals surface area contributed by atoms with Gasteiger partial charge in [0.25, 0.3) is 17.7 Å². The molecule has 0 aliphatic carbocycles. The van der Waals surface area contributed by atoms with E-state index in [0.717, 1.165) is 0 Å². The molecule has 104 valence electrons. The van der Waals surface area contributed by atoms with Crippen molar-refractivity contribution in [2.24, 2.45) is 0 Å². The molecule has 0 unspecified atom stereocenters. The molecule has 5 nitrogen and oxygen atoms in total. The van der Waals surface area contributed by atoms with Gasteiger partial charge in [0, 0.05) is 10.6 Å². The zero-order valence-electron chi connectivity index (χ0n) is 10.6. The second kappa shape index (κ2) is 5.03. The number of hydrogen-bond acceptors (Lipinski definition) is 3. The lowest BCUT2D eigenvalue weighted by Gasteiger charge is -2.08. The van der Waals surface area contributed by atoms with Crippen LogP contribution in [0.5, 0.6) is 0 Å². The number of carbonyl (C=O) groups excluding carboxylic acids is 3. The molecule has 0 saturated heterocycles. The predicted octanol–water partition coefficient (Wildman–Crippen LogP) is 2.48. The normalized spacial score (nSPS) is 12.8. The van der Waals surface area contributed by atoms with Crippen LogP contribution in [0.15, 0.2) is 42.5 Å². The predicted molar refractivity (Wildman–Crippen MR) is 77.6 cm³/mol. The summed E-state index contributed by atoms with van der Waals surface area (Å²) in [7, 11) is 0. The van der Waals surface area contributed by atoms with E-state index in [0.29, 0.717) is 16.3 Å². The Balaban J connectivity index is 1.93. The van der Waals surface area contributed by atoms with Crippen LogP contribution < -0.4 is 10.6 Å². The zero-order valence-corrected chi connectivity index (χ0v) is 11.4. The molecule has 21 heavy (non-hydrogen) atoms. The Morgan fingerprint density at radius 2 is 1.71 bits per heavy atom. The fourth-order valence-electron chi connectivity index (χ4n) is 2.12. The first kappa shape index (κ1) is 13.3. The Hall–Kier alpha value is -2.66. The van der Waals surface area contributed by atoms with Gasteiger partial charge in [0.1, 0.15) is 0 Å². The number of amides is 3. The van der Waals surface area contributed by atoms with E-state index < -0.39 is 11.8 Å². The zero-order chi connectivity index (χ0) is 15.0. The third-order valence-electron chi connectivity index (χ3n) is 3.12. The number of anilines is 1. The summed E-state index contributed by atoms with van der Waals surface area (Å²) in [5, 5.41) is 5.36. The van der Waals surface area contributed by atoms with Crippen molar-refractivity contribution < 1.29 is 14.4 Å². The number of carbonyl (C=O) groups is 3. The third-order valence-corrected chi connectivity index (χ3v) is 3.37. The van der Waals surface area contributed by atoms with Gasteiger partial charge in [0.05, 0.1) is 16.8 Å². The number of halogens is 1. The van der Waals surface area contributed by atoms with Crippen molar-refractivity contribution in [1.29, 1.82) is 0 Å². The highest BCUT2D eigenvalue weighted by Gasteiger charge is 2.29. The molecule has 1 heterocycles. The molecule has 2 N–H and O–H groups in total. The maximum Gasteiger partial charge on any atom is 0.261 e. The summed E-state index contributed by atoms with van der Waals surface area (Å²) in [4.78, 5) is 35.5. The van der Waals surface area contributed by atoms with Crippen molar-refractivity contribution in [2.75, 3.05) is 5.32 Å². The lowest BCUT2D eigenvalue weighted by atomic mass is 10.1. The average Bonchev–Trinajstić information content (AvgIpc) is 2.76. The molecule has 6 heteroatoms. The van der Waals surface area contributed by atoms with Crippen LogP contribution in [0.3, 0.4) is 0 Å². The van der Waals surface area contributed by atoms with E-state index in [2.05, 4.69) is 10.6 Å². The Morgan fingerprint density at radius 1 is 1.00 bits per heavy atom. The standard InChI is InChI=1S/C15H9ClN2O3/c16-9-6-4-8(5-7-9)13(19)17-11-3-1-2-10-12(11)15(21)18-14(10)20/h1-7H,(H,17,19)(H,18,20,21). The summed E-state index contributed by atoms with van der Waals surface area (Å²) in [5.41, 5.74) is 1.15. The van der Waals surface area contributed by atoms with Crippen LogP contribution in [-0.2, 0) is 0 Å². The van der Waals surface area contributed by atoms with E-state index in [9.17, 15) is 14.4 Å². The summed E-state index contributed by atoms with van der Waals surface area (Å²) >= 11 is 5.77. The number of benzene rings is 2. The first-order chi connectivity index (χ1) is 10.1. The summed E-state index contributed by atoms with van der Waals surface area (Å²) in [6, 6.07) is 11.1. The fourth-order valence-corrected chi connectivity index (χ4v) is 2.25. The van der Waals surface area contributed by atoms with Crippen LogP contribution in [0, 0.1) is 0 Å². The van der Waals surface area contributed by atoms with Crippen molar-refractivity contribution >= 4 is 35.0 Å². The lowest BCUT2D eigenvalue weighted by Crippen LogP contribution is -2.20. The van der Waals surface area contributed by atoms with Gasteiger partial charge >= 0.3 is 0 Å². The third kappa shape index (κ3) is 2.39. The number of nitrogens with one attached hydrogen (secondary N) is 2. The molecule has 2 aromatic carbocycles. The van der Waals surface area contributed by atoms with Crippen molar-refractivity contribution in [2.45, 2.75) is 0 Å². The van der Waals surface area contributed by atoms with Crippen LogP contribution in [-0.4, -0.2) is 17.7 Å². The molecule has 0 saturated carbocycles. The lowest BCUT2D eigenvalue weighted by molar-refractivity contribution is 0.0879. The molecule has 1 aliphatic heterocycles. The Labute approximate surface area is 124 Å². The van der Waals surface area contributed by atoms with Crippen molar-refractivity contribution in [3.8, 4) is 0 Å². The van der Waals surface area contributed by atoms with Gasteiger partial charge in [-0.2, -0.15) is 0 Å². The quantitative estimate of drug-likeness (QED) is 0.837.